The fourth-order valence-corrected chi connectivity index (χ4v) is 11.2. The summed E-state index contributed by atoms with van der Waals surface area (Å²) in [5.41, 5.74) is -2.75. The van der Waals surface area contributed by atoms with Crippen molar-refractivity contribution >= 4 is 12.3 Å². The number of fused-ring (bicyclic) bond motifs is 2. The number of alkyl halides is 3. The summed E-state index contributed by atoms with van der Waals surface area (Å²) < 4.78 is 58.3. The lowest BCUT2D eigenvalue weighted by atomic mass is 9.42. The van der Waals surface area contributed by atoms with E-state index in [0.29, 0.717) is 32.0 Å². The maximum atomic E-state index is 13.8. The topological polar surface area (TPSA) is 85.3 Å². The first-order valence-electron chi connectivity index (χ1n) is 16.6. The van der Waals surface area contributed by atoms with E-state index in [-0.39, 0.29) is 48.4 Å². The second kappa shape index (κ2) is 11.6. The van der Waals surface area contributed by atoms with E-state index in [1.807, 2.05) is 6.92 Å². The van der Waals surface area contributed by atoms with E-state index in [0.717, 1.165) is 49.7 Å². The van der Waals surface area contributed by atoms with Crippen LogP contribution in [0.25, 0.3) is 0 Å². The summed E-state index contributed by atoms with van der Waals surface area (Å²) in [5.74, 6) is -0.0122. The monoisotopic (exact) mass is 635 g/mol. The number of ether oxygens (including phenoxy) is 3. The first kappa shape index (κ1) is 32.9. The van der Waals surface area contributed by atoms with Gasteiger partial charge in [0.15, 0.2) is 6.29 Å². The summed E-state index contributed by atoms with van der Waals surface area (Å²) in [6, 6.07) is 5.18. The Morgan fingerprint density at radius 1 is 1.16 bits per heavy atom. The third-order valence-corrected chi connectivity index (χ3v) is 13.0. The number of nitrogens with zero attached hydrogens (tertiary/aromatic N) is 1. The number of methoxy groups -OCH3 is 1. The fourth-order valence-electron chi connectivity index (χ4n) is 11.2. The van der Waals surface area contributed by atoms with Crippen molar-refractivity contribution in [2.24, 2.45) is 51.8 Å². The average molecular weight is 636 g/mol. The second-order valence-electron chi connectivity index (χ2n) is 15.2. The van der Waals surface area contributed by atoms with Crippen molar-refractivity contribution in [1.29, 1.82) is 0 Å². The van der Waals surface area contributed by atoms with E-state index in [4.69, 9.17) is 14.2 Å². The molecule has 7 nitrogen and oxygen atoms in total. The maximum absolute atomic E-state index is 13.8. The normalized spacial score (nSPS) is 43.0. The molecule has 6 rings (SSSR count). The molecule has 11 atom stereocenters. The Labute approximate surface area is 264 Å². The van der Waals surface area contributed by atoms with Crippen molar-refractivity contribution in [3.05, 3.63) is 35.4 Å². The van der Waals surface area contributed by atoms with Gasteiger partial charge >= 0.3 is 12.1 Å². The van der Waals surface area contributed by atoms with Crippen LogP contribution in [-0.2, 0) is 36.5 Å². The highest BCUT2D eigenvalue weighted by Crippen LogP contribution is 2.84. The molecule has 4 aliphatic carbocycles. The van der Waals surface area contributed by atoms with Crippen molar-refractivity contribution < 1.29 is 42.1 Å². The maximum Gasteiger partial charge on any atom is 0.416 e. The van der Waals surface area contributed by atoms with Gasteiger partial charge in [0, 0.05) is 37.6 Å². The number of halogens is 3. The number of aliphatic carboxylic acids is 1. The molecular weight excluding hydrogens is 587 g/mol. The van der Waals surface area contributed by atoms with E-state index >= 15 is 0 Å². The number of carbonyl (C=O) groups is 2. The molecule has 10 heteroatoms. The molecule has 1 heterocycles. The number of carboxylic acids is 1. The molecule has 0 aromatic heterocycles. The van der Waals surface area contributed by atoms with Gasteiger partial charge in [0.1, 0.15) is 6.29 Å². The Hall–Kier alpha value is -2.01. The van der Waals surface area contributed by atoms with Gasteiger partial charge in [-0.15, -0.1) is 0 Å². The lowest BCUT2D eigenvalue weighted by molar-refractivity contribution is -0.230. The van der Waals surface area contributed by atoms with Crippen LogP contribution >= 0.6 is 0 Å². The van der Waals surface area contributed by atoms with Crippen molar-refractivity contribution in [2.75, 3.05) is 26.8 Å². The van der Waals surface area contributed by atoms with Crippen LogP contribution in [0.4, 0.5) is 13.2 Å². The summed E-state index contributed by atoms with van der Waals surface area (Å²) in [7, 11) is 1.61. The van der Waals surface area contributed by atoms with Crippen molar-refractivity contribution in [1.82, 2.24) is 4.90 Å². The van der Waals surface area contributed by atoms with E-state index in [1.165, 1.54) is 12.1 Å². The van der Waals surface area contributed by atoms with Crippen LogP contribution in [0.15, 0.2) is 24.3 Å². The molecular formula is C35H48F3NO6. The SMILES string of the molecule is CO[C@H]1CN(Cc2ccc(C(F)(F)F)cc2)C[C@H](OCC23C[C@@H]4[C@H](C)CC[C@H]4C4(C=O)CC2CC(C(C)C)[C@@]34C(=O)O)O[C@@H]1C. The van der Waals surface area contributed by atoms with E-state index < -0.39 is 40.2 Å². The lowest BCUT2D eigenvalue weighted by Gasteiger charge is -2.59. The van der Waals surface area contributed by atoms with Crippen LogP contribution in [0.2, 0.25) is 0 Å². The van der Waals surface area contributed by atoms with Crippen molar-refractivity contribution in [3.63, 3.8) is 0 Å². The molecule has 5 aliphatic rings. The number of rotatable bonds is 9. The van der Waals surface area contributed by atoms with E-state index in [1.54, 1.807) is 7.11 Å². The summed E-state index contributed by atoms with van der Waals surface area (Å²) in [5, 5.41) is 11.3. The molecule has 45 heavy (non-hydrogen) atoms. The third kappa shape index (κ3) is 4.82. The highest BCUT2D eigenvalue weighted by molar-refractivity contribution is 5.86. The minimum absolute atomic E-state index is 0.0715. The van der Waals surface area contributed by atoms with Gasteiger partial charge in [-0.3, -0.25) is 9.69 Å². The zero-order valence-corrected chi connectivity index (χ0v) is 27.0. The number of carbonyl (C=O) groups excluding carboxylic acids is 1. The second-order valence-corrected chi connectivity index (χ2v) is 15.2. The molecule has 1 aromatic rings. The van der Waals surface area contributed by atoms with Crippen LogP contribution in [0, 0.1) is 51.8 Å². The Morgan fingerprint density at radius 2 is 1.87 bits per heavy atom. The summed E-state index contributed by atoms with van der Waals surface area (Å²) in [6.07, 6.45) is -0.621. The van der Waals surface area contributed by atoms with Crippen LogP contribution in [0.3, 0.4) is 0 Å². The van der Waals surface area contributed by atoms with Gasteiger partial charge in [0.25, 0.3) is 0 Å². The number of hydrogen-bond donors (Lipinski definition) is 1. The number of hydrogen-bond acceptors (Lipinski definition) is 6. The molecule has 1 aliphatic heterocycles. The van der Waals surface area contributed by atoms with Crippen LogP contribution in [0.1, 0.15) is 70.9 Å². The lowest BCUT2D eigenvalue weighted by Crippen LogP contribution is -2.65. The summed E-state index contributed by atoms with van der Waals surface area (Å²) in [4.78, 5) is 29.2. The molecule has 1 saturated heterocycles. The van der Waals surface area contributed by atoms with Crippen molar-refractivity contribution in [3.8, 4) is 0 Å². The Balaban J connectivity index is 1.30. The molecule has 1 aromatic carbocycles. The van der Waals surface area contributed by atoms with Gasteiger partial charge in [0.05, 0.1) is 29.8 Å². The number of carboxylic acid groups (broad SMARTS) is 1. The Bertz CT molecular complexity index is 1270. The van der Waals surface area contributed by atoms with Crippen LogP contribution in [-0.4, -0.2) is 67.6 Å². The van der Waals surface area contributed by atoms with Gasteiger partial charge in [-0.25, -0.2) is 0 Å². The Kier molecular flexibility index (Phi) is 8.48. The van der Waals surface area contributed by atoms with E-state index in [2.05, 4.69) is 25.7 Å². The van der Waals surface area contributed by atoms with Gasteiger partial charge < -0.3 is 24.1 Å². The summed E-state index contributed by atoms with van der Waals surface area (Å²) >= 11 is 0. The van der Waals surface area contributed by atoms with Crippen LogP contribution < -0.4 is 0 Å². The smallest absolute Gasteiger partial charge is 0.416 e. The van der Waals surface area contributed by atoms with Crippen LogP contribution in [0.5, 0.6) is 0 Å². The number of benzene rings is 1. The number of aldehydes is 1. The highest BCUT2D eigenvalue weighted by Gasteiger charge is 2.86. The minimum atomic E-state index is -4.40. The van der Waals surface area contributed by atoms with Gasteiger partial charge in [-0.05, 0) is 85.8 Å². The highest BCUT2D eigenvalue weighted by atomic mass is 19.4. The van der Waals surface area contributed by atoms with Gasteiger partial charge in [0.2, 0.25) is 0 Å². The summed E-state index contributed by atoms with van der Waals surface area (Å²) in [6.45, 7) is 9.77. The third-order valence-electron chi connectivity index (χ3n) is 13.0. The fraction of sp³-hybridized carbons (Fsp3) is 0.771. The molecule has 4 saturated carbocycles. The molecule has 5 fully saturated rings. The molecule has 4 bridgehead atoms. The molecule has 0 spiro atoms. The van der Waals surface area contributed by atoms with Gasteiger partial charge in [-0.1, -0.05) is 39.3 Å². The molecule has 0 amide bonds. The molecule has 250 valence electrons. The molecule has 4 unspecified atom stereocenters. The quantitative estimate of drug-likeness (QED) is 0.320. The first-order chi connectivity index (χ1) is 21.2. The standard InChI is InChI=1S/C35H48F3NO6/c1-20(2)28-12-25-13-32(18-40)27-11-6-21(3)26(27)14-33(25,34(28,32)31(41)42)19-44-30-17-39(16-29(43-5)22(4)45-30)15-23-7-9-24(10-8-23)35(36,37)38/h7-10,18,20-22,25-30H,6,11-17,19H2,1-5H3,(H,41,42)/t21-,22-,25?,26-,27-,28?,29+,30-,32?,33?,34+/m1/s1. The van der Waals surface area contributed by atoms with Crippen molar-refractivity contribution in [2.45, 2.75) is 91.0 Å². The zero-order chi connectivity index (χ0) is 32.5. The molecule has 0 radical (unpaired) electrons. The first-order valence-corrected chi connectivity index (χ1v) is 16.6. The predicted molar refractivity (Wildman–Crippen MR) is 160 cm³/mol. The zero-order valence-electron chi connectivity index (χ0n) is 27.0. The predicted octanol–water partition coefficient (Wildman–Crippen LogP) is 6.29. The van der Waals surface area contributed by atoms with E-state index in [9.17, 15) is 27.9 Å². The minimum Gasteiger partial charge on any atom is -0.481 e. The Morgan fingerprint density at radius 3 is 2.47 bits per heavy atom. The largest absolute Gasteiger partial charge is 0.481 e. The van der Waals surface area contributed by atoms with Gasteiger partial charge in [-0.2, -0.15) is 13.2 Å². The molecule has 1 N–H and O–H groups in total. The average Bonchev–Trinajstić information content (AvgIpc) is 3.50.